The van der Waals surface area contributed by atoms with Gasteiger partial charge in [0.05, 0.1) is 16.7 Å². The number of ether oxygens (including phenoxy) is 1. The summed E-state index contributed by atoms with van der Waals surface area (Å²) >= 11 is 0. The number of hydrogen-bond donors (Lipinski definition) is 1. The second-order valence-corrected chi connectivity index (χ2v) is 6.71. The molecule has 7 heteroatoms. The van der Waals surface area contributed by atoms with Gasteiger partial charge < -0.3 is 10.5 Å². The molecule has 0 bridgehead atoms. The summed E-state index contributed by atoms with van der Waals surface area (Å²) in [4.78, 5) is -0.0796. The fourth-order valence-electron chi connectivity index (χ4n) is 2.23. The minimum absolute atomic E-state index is 0.0638. The normalized spacial score (nSPS) is 19.6. The molecule has 0 spiro atoms. The Morgan fingerprint density at radius 2 is 2.25 bits per heavy atom. The SMILES string of the molecule is CCN(CC1CCCO1)S(=O)(=O)c1ccc(N)c(F)c1. The van der Waals surface area contributed by atoms with Crippen LogP contribution in [0.2, 0.25) is 0 Å². The maximum absolute atomic E-state index is 13.4. The van der Waals surface area contributed by atoms with Gasteiger partial charge in [-0.2, -0.15) is 4.31 Å². The number of likely N-dealkylation sites (N-methyl/N-ethyl adjacent to an activating group) is 1. The van der Waals surface area contributed by atoms with Crippen LogP contribution in [0.3, 0.4) is 0 Å². The van der Waals surface area contributed by atoms with Crippen LogP contribution in [0.15, 0.2) is 23.1 Å². The summed E-state index contributed by atoms with van der Waals surface area (Å²) in [6, 6.07) is 3.55. The summed E-state index contributed by atoms with van der Waals surface area (Å²) in [6.07, 6.45) is 1.71. The molecule has 112 valence electrons. The van der Waals surface area contributed by atoms with Gasteiger partial charge in [-0.3, -0.25) is 0 Å². The molecule has 20 heavy (non-hydrogen) atoms. The molecule has 2 N–H and O–H groups in total. The van der Waals surface area contributed by atoms with Gasteiger partial charge in [-0.1, -0.05) is 6.92 Å². The van der Waals surface area contributed by atoms with E-state index in [1.165, 1.54) is 16.4 Å². The molecule has 1 heterocycles. The first-order valence-electron chi connectivity index (χ1n) is 6.62. The fraction of sp³-hybridized carbons (Fsp3) is 0.538. The third-order valence-electron chi connectivity index (χ3n) is 3.39. The Bertz CT molecular complexity index is 571. The third kappa shape index (κ3) is 3.11. The molecule has 1 atom stereocenters. The average molecular weight is 302 g/mol. The summed E-state index contributed by atoms with van der Waals surface area (Å²) < 4.78 is 45.2. The van der Waals surface area contributed by atoms with E-state index >= 15 is 0 Å². The molecule has 2 rings (SSSR count). The van der Waals surface area contributed by atoms with Crippen molar-refractivity contribution in [2.45, 2.75) is 30.8 Å². The van der Waals surface area contributed by atoms with Crippen LogP contribution >= 0.6 is 0 Å². The van der Waals surface area contributed by atoms with Crippen LogP contribution in [0.1, 0.15) is 19.8 Å². The Balaban J connectivity index is 2.23. The highest BCUT2D eigenvalue weighted by Gasteiger charge is 2.28. The van der Waals surface area contributed by atoms with Crippen molar-refractivity contribution in [2.75, 3.05) is 25.4 Å². The lowest BCUT2D eigenvalue weighted by atomic mass is 10.2. The minimum atomic E-state index is -3.72. The molecule has 1 unspecified atom stereocenters. The zero-order valence-corrected chi connectivity index (χ0v) is 12.2. The number of halogens is 1. The first-order valence-corrected chi connectivity index (χ1v) is 8.06. The Kier molecular flexibility index (Phi) is 4.62. The standard InChI is InChI=1S/C13H19FN2O3S/c1-2-16(9-10-4-3-7-19-10)20(17,18)11-5-6-13(15)12(14)8-11/h5-6,8,10H,2-4,7,9,15H2,1H3. The number of nitrogen functional groups attached to an aromatic ring is 1. The summed E-state index contributed by atoms with van der Waals surface area (Å²) in [7, 11) is -3.72. The van der Waals surface area contributed by atoms with Gasteiger partial charge in [0.15, 0.2) is 0 Å². The van der Waals surface area contributed by atoms with E-state index in [0.29, 0.717) is 19.7 Å². The maximum atomic E-state index is 13.4. The van der Waals surface area contributed by atoms with Crippen molar-refractivity contribution < 1.29 is 17.5 Å². The van der Waals surface area contributed by atoms with Crippen molar-refractivity contribution in [3.8, 4) is 0 Å². The van der Waals surface area contributed by atoms with Gasteiger partial charge in [-0.25, -0.2) is 12.8 Å². The summed E-state index contributed by atoms with van der Waals surface area (Å²) in [6.45, 7) is 3.03. The van der Waals surface area contributed by atoms with Crippen LogP contribution in [0.5, 0.6) is 0 Å². The van der Waals surface area contributed by atoms with Crippen molar-refractivity contribution in [1.29, 1.82) is 0 Å². The number of nitrogens with zero attached hydrogens (tertiary/aromatic N) is 1. The Hall–Kier alpha value is -1.18. The van der Waals surface area contributed by atoms with Gasteiger partial charge in [-0.15, -0.1) is 0 Å². The third-order valence-corrected chi connectivity index (χ3v) is 5.33. The van der Waals surface area contributed by atoms with E-state index in [9.17, 15) is 12.8 Å². The summed E-state index contributed by atoms with van der Waals surface area (Å²) in [5.74, 6) is -0.723. The molecule has 1 fully saturated rings. The maximum Gasteiger partial charge on any atom is 0.243 e. The predicted molar refractivity (Wildman–Crippen MR) is 74.2 cm³/mol. The van der Waals surface area contributed by atoms with Crippen LogP contribution in [-0.2, 0) is 14.8 Å². The number of nitrogens with two attached hydrogens (primary N) is 1. The van der Waals surface area contributed by atoms with Crippen LogP contribution in [-0.4, -0.2) is 38.5 Å². The van der Waals surface area contributed by atoms with Gasteiger partial charge in [0.2, 0.25) is 10.0 Å². The van der Waals surface area contributed by atoms with Crippen LogP contribution in [0.4, 0.5) is 10.1 Å². The number of sulfonamides is 1. The lowest BCUT2D eigenvalue weighted by Gasteiger charge is -2.23. The number of rotatable bonds is 5. The average Bonchev–Trinajstić information content (AvgIpc) is 2.91. The molecular weight excluding hydrogens is 283 g/mol. The number of hydrogen-bond acceptors (Lipinski definition) is 4. The molecule has 0 aromatic heterocycles. The minimum Gasteiger partial charge on any atom is -0.396 e. The highest BCUT2D eigenvalue weighted by Crippen LogP contribution is 2.22. The van der Waals surface area contributed by atoms with Gasteiger partial charge in [0, 0.05) is 19.7 Å². The topological polar surface area (TPSA) is 72.6 Å². The Labute approximate surface area is 118 Å². The van der Waals surface area contributed by atoms with E-state index in [-0.39, 0.29) is 16.7 Å². The highest BCUT2D eigenvalue weighted by molar-refractivity contribution is 7.89. The first kappa shape index (κ1) is 15.2. The second kappa shape index (κ2) is 6.07. The molecule has 0 amide bonds. The molecule has 1 aliphatic heterocycles. The molecule has 1 aromatic carbocycles. The zero-order chi connectivity index (χ0) is 14.8. The zero-order valence-electron chi connectivity index (χ0n) is 11.4. The van der Waals surface area contributed by atoms with E-state index < -0.39 is 15.8 Å². The van der Waals surface area contributed by atoms with Crippen molar-refractivity contribution >= 4 is 15.7 Å². The lowest BCUT2D eigenvalue weighted by molar-refractivity contribution is 0.0947. The summed E-state index contributed by atoms with van der Waals surface area (Å²) in [5.41, 5.74) is 5.31. The molecule has 1 aromatic rings. The van der Waals surface area contributed by atoms with Gasteiger partial charge in [0.25, 0.3) is 0 Å². The Morgan fingerprint density at radius 3 is 2.80 bits per heavy atom. The van der Waals surface area contributed by atoms with Crippen LogP contribution in [0.25, 0.3) is 0 Å². The van der Waals surface area contributed by atoms with E-state index in [0.717, 1.165) is 18.9 Å². The van der Waals surface area contributed by atoms with Gasteiger partial charge >= 0.3 is 0 Å². The quantitative estimate of drug-likeness (QED) is 0.839. The molecule has 1 aliphatic rings. The Morgan fingerprint density at radius 1 is 1.50 bits per heavy atom. The molecule has 5 nitrogen and oxygen atoms in total. The van der Waals surface area contributed by atoms with E-state index in [2.05, 4.69) is 0 Å². The van der Waals surface area contributed by atoms with Crippen LogP contribution in [0, 0.1) is 5.82 Å². The molecule has 0 saturated carbocycles. The number of benzene rings is 1. The van der Waals surface area contributed by atoms with Crippen molar-refractivity contribution in [3.05, 3.63) is 24.0 Å². The van der Waals surface area contributed by atoms with E-state index in [1.807, 2.05) is 0 Å². The molecular formula is C13H19FN2O3S. The first-order chi connectivity index (χ1) is 9.45. The van der Waals surface area contributed by atoms with E-state index in [1.54, 1.807) is 6.92 Å². The predicted octanol–water partition coefficient (Wildman–Crippen LogP) is 1.60. The van der Waals surface area contributed by atoms with Crippen molar-refractivity contribution in [1.82, 2.24) is 4.31 Å². The highest BCUT2D eigenvalue weighted by atomic mass is 32.2. The van der Waals surface area contributed by atoms with Gasteiger partial charge in [-0.05, 0) is 31.0 Å². The monoisotopic (exact) mass is 302 g/mol. The van der Waals surface area contributed by atoms with Crippen molar-refractivity contribution in [3.63, 3.8) is 0 Å². The largest absolute Gasteiger partial charge is 0.396 e. The smallest absolute Gasteiger partial charge is 0.243 e. The van der Waals surface area contributed by atoms with Crippen LogP contribution < -0.4 is 5.73 Å². The second-order valence-electron chi connectivity index (χ2n) is 4.77. The molecule has 0 radical (unpaired) electrons. The van der Waals surface area contributed by atoms with Gasteiger partial charge in [0.1, 0.15) is 5.82 Å². The van der Waals surface area contributed by atoms with Crippen molar-refractivity contribution in [2.24, 2.45) is 0 Å². The molecule has 1 saturated heterocycles. The fourth-order valence-corrected chi connectivity index (χ4v) is 3.72. The molecule has 0 aliphatic carbocycles. The van der Waals surface area contributed by atoms with E-state index in [4.69, 9.17) is 10.5 Å². The lowest BCUT2D eigenvalue weighted by Crippen LogP contribution is -2.37. The number of anilines is 1. The summed E-state index contributed by atoms with van der Waals surface area (Å²) in [5, 5.41) is 0.